The molecule has 0 radical (unpaired) electrons. The molecular formula is C21H20N4. The molecule has 0 saturated heterocycles. The summed E-state index contributed by atoms with van der Waals surface area (Å²) < 4.78 is 1.83. The smallest absolute Gasteiger partial charge is 0.0751 e. The number of hydrogen-bond acceptors (Lipinski definition) is 3. The van der Waals surface area contributed by atoms with E-state index in [9.17, 15) is 0 Å². The Morgan fingerprint density at radius 1 is 1.04 bits per heavy atom. The maximum Gasteiger partial charge on any atom is 0.0751 e. The van der Waals surface area contributed by atoms with Crippen molar-refractivity contribution in [3.63, 3.8) is 0 Å². The van der Waals surface area contributed by atoms with Gasteiger partial charge in [0.05, 0.1) is 11.7 Å². The number of nitrogens with one attached hydrogen (secondary N) is 1. The molecule has 0 aliphatic carbocycles. The first kappa shape index (κ1) is 15.4. The molecule has 0 unspecified atom stereocenters. The molecule has 0 bridgehead atoms. The molecule has 2 heterocycles. The van der Waals surface area contributed by atoms with Crippen LogP contribution in [0.5, 0.6) is 0 Å². The van der Waals surface area contributed by atoms with Gasteiger partial charge in [-0.2, -0.15) is 5.10 Å². The van der Waals surface area contributed by atoms with Gasteiger partial charge in [-0.25, -0.2) is 0 Å². The van der Waals surface area contributed by atoms with Gasteiger partial charge in [-0.3, -0.25) is 9.67 Å². The molecule has 0 atom stereocenters. The number of anilines is 1. The predicted octanol–water partition coefficient (Wildman–Crippen LogP) is 4.56. The van der Waals surface area contributed by atoms with Crippen LogP contribution in [0.25, 0.3) is 22.0 Å². The number of rotatable bonds is 4. The van der Waals surface area contributed by atoms with Gasteiger partial charge in [0, 0.05) is 42.6 Å². The zero-order valence-corrected chi connectivity index (χ0v) is 14.4. The molecule has 0 fully saturated rings. The fourth-order valence-electron chi connectivity index (χ4n) is 3.11. The van der Waals surface area contributed by atoms with Gasteiger partial charge < -0.3 is 5.32 Å². The van der Waals surface area contributed by atoms with Gasteiger partial charge in [0.2, 0.25) is 0 Å². The van der Waals surface area contributed by atoms with Gasteiger partial charge in [-0.15, -0.1) is 0 Å². The molecule has 4 rings (SSSR count). The van der Waals surface area contributed by atoms with Crippen molar-refractivity contribution in [2.45, 2.75) is 13.5 Å². The van der Waals surface area contributed by atoms with Gasteiger partial charge in [0.1, 0.15) is 0 Å². The Kier molecular flexibility index (Phi) is 3.94. The fraction of sp³-hybridized carbons (Fsp3) is 0.143. The average Bonchev–Trinajstić information content (AvgIpc) is 3.07. The molecule has 1 N–H and O–H groups in total. The standard InChI is InChI=1S/C21H20N4/c1-15-5-3-8-19-20(9-10-22-21(15)19)23-12-16-6-4-7-17(11-16)18-13-24-25(2)14-18/h3-11,13-14H,12H2,1-2H3,(H,22,23). The molecule has 4 heteroatoms. The summed E-state index contributed by atoms with van der Waals surface area (Å²) in [5.41, 5.74) is 6.91. The van der Waals surface area contributed by atoms with Crippen LogP contribution in [0.15, 0.2) is 67.1 Å². The highest BCUT2D eigenvalue weighted by Crippen LogP contribution is 2.25. The van der Waals surface area contributed by atoms with Gasteiger partial charge >= 0.3 is 0 Å². The number of benzene rings is 2. The summed E-state index contributed by atoms with van der Waals surface area (Å²) in [6.45, 7) is 2.86. The van der Waals surface area contributed by atoms with Gasteiger partial charge in [0.25, 0.3) is 0 Å². The number of hydrogen-bond donors (Lipinski definition) is 1. The van der Waals surface area contributed by atoms with Crippen LogP contribution < -0.4 is 5.32 Å². The van der Waals surface area contributed by atoms with Crippen LogP contribution in [0.3, 0.4) is 0 Å². The summed E-state index contributed by atoms with van der Waals surface area (Å²) in [5, 5.41) is 8.97. The minimum atomic E-state index is 0.765. The van der Waals surface area contributed by atoms with Gasteiger partial charge in [-0.1, -0.05) is 36.4 Å². The van der Waals surface area contributed by atoms with E-state index in [1.54, 1.807) is 0 Å². The zero-order valence-electron chi connectivity index (χ0n) is 14.4. The molecule has 2 aromatic heterocycles. The van der Waals surface area contributed by atoms with E-state index in [0.29, 0.717) is 0 Å². The Hall–Kier alpha value is -3.14. The molecule has 4 nitrogen and oxygen atoms in total. The second-order valence-electron chi connectivity index (χ2n) is 6.29. The highest BCUT2D eigenvalue weighted by atomic mass is 15.2. The highest BCUT2D eigenvalue weighted by molar-refractivity contribution is 5.92. The van der Waals surface area contributed by atoms with Crippen molar-refractivity contribution in [1.82, 2.24) is 14.8 Å². The number of fused-ring (bicyclic) bond motifs is 1. The lowest BCUT2D eigenvalue weighted by molar-refractivity contribution is 0.768. The first-order valence-electron chi connectivity index (χ1n) is 8.37. The van der Waals surface area contributed by atoms with E-state index in [1.165, 1.54) is 16.7 Å². The lowest BCUT2D eigenvalue weighted by Crippen LogP contribution is -2.01. The second kappa shape index (κ2) is 6.40. The maximum atomic E-state index is 4.50. The first-order chi connectivity index (χ1) is 12.2. The third kappa shape index (κ3) is 3.11. The fourth-order valence-corrected chi connectivity index (χ4v) is 3.11. The van der Waals surface area contributed by atoms with E-state index >= 15 is 0 Å². The van der Waals surface area contributed by atoms with Crippen LogP contribution >= 0.6 is 0 Å². The summed E-state index contributed by atoms with van der Waals surface area (Å²) in [6, 6.07) is 16.9. The lowest BCUT2D eigenvalue weighted by Gasteiger charge is -2.11. The van der Waals surface area contributed by atoms with Crippen LogP contribution in [-0.4, -0.2) is 14.8 Å². The molecule has 2 aromatic carbocycles. The maximum absolute atomic E-state index is 4.50. The largest absolute Gasteiger partial charge is 0.380 e. The number of aryl methyl sites for hydroxylation is 2. The molecule has 0 aliphatic rings. The second-order valence-corrected chi connectivity index (χ2v) is 6.29. The normalized spacial score (nSPS) is 11.0. The third-order valence-corrected chi connectivity index (χ3v) is 4.42. The van der Waals surface area contributed by atoms with E-state index < -0.39 is 0 Å². The Bertz CT molecular complexity index is 1030. The van der Waals surface area contributed by atoms with E-state index in [1.807, 2.05) is 36.4 Å². The van der Waals surface area contributed by atoms with Crippen molar-refractivity contribution in [3.05, 3.63) is 78.2 Å². The van der Waals surface area contributed by atoms with E-state index in [-0.39, 0.29) is 0 Å². The lowest BCUT2D eigenvalue weighted by atomic mass is 10.1. The Labute approximate surface area is 147 Å². The number of aromatic nitrogens is 3. The van der Waals surface area contributed by atoms with Crippen LogP contribution in [0.2, 0.25) is 0 Å². The number of pyridine rings is 1. The van der Waals surface area contributed by atoms with Crippen LogP contribution in [0, 0.1) is 6.92 Å². The summed E-state index contributed by atoms with van der Waals surface area (Å²) >= 11 is 0. The minimum Gasteiger partial charge on any atom is -0.380 e. The summed E-state index contributed by atoms with van der Waals surface area (Å²) in [6.07, 6.45) is 5.79. The highest BCUT2D eigenvalue weighted by Gasteiger charge is 2.05. The topological polar surface area (TPSA) is 42.7 Å². The minimum absolute atomic E-state index is 0.765. The average molecular weight is 328 g/mol. The predicted molar refractivity (Wildman–Crippen MR) is 102 cm³/mol. The summed E-state index contributed by atoms with van der Waals surface area (Å²) in [7, 11) is 1.94. The SMILES string of the molecule is Cc1cccc2c(NCc3cccc(-c4cnn(C)c4)c3)ccnc12. The van der Waals surface area contributed by atoms with Crippen molar-refractivity contribution < 1.29 is 0 Å². The third-order valence-electron chi connectivity index (χ3n) is 4.42. The molecule has 0 saturated carbocycles. The summed E-state index contributed by atoms with van der Waals surface area (Å²) in [5.74, 6) is 0. The zero-order chi connectivity index (χ0) is 17.2. The van der Waals surface area contributed by atoms with E-state index in [0.717, 1.165) is 28.7 Å². The molecule has 0 aliphatic heterocycles. The van der Waals surface area contributed by atoms with E-state index in [2.05, 4.69) is 64.8 Å². The number of nitrogens with zero attached hydrogens (tertiary/aromatic N) is 3. The van der Waals surface area contributed by atoms with Crippen molar-refractivity contribution in [3.8, 4) is 11.1 Å². The Morgan fingerprint density at radius 2 is 1.92 bits per heavy atom. The Morgan fingerprint density at radius 3 is 2.76 bits per heavy atom. The molecule has 0 spiro atoms. The van der Waals surface area contributed by atoms with Crippen molar-refractivity contribution in [2.75, 3.05) is 5.32 Å². The molecule has 124 valence electrons. The molecular weight excluding hydrogens is 308 g/mol. The molecule has 0 amide bonds. The molecule has 25 heavy (non-hydrogen) atoms. The van der Waals surface area contributed by atoms with Crippen molar-refractivity contribution in [2.24, 2.45) is 7.05 Å². The van der Waals surface area contributed by atoms with E-state index in [4.69, 9.17) is 0 Å². The monoisotopic (exact) mass is 328 g/mol. The van der Waals surface area contributed by atoms with Gasteiger partial charge in [0.15, 0.2) is 0 Å². The number of para-hydroxylation sites is 1. The van der Waals surface area contributed by atoms with Crippen molar-refractivity contribution in [1.29, 1.82) is 0 Å². The Balaban J connectivity index is 1.59. The van der Waals surface area contributed by atoms with Crippen LogP contribution in [-0.2, 0) is 13.6 Å². The van der Waals surface area contributed by atoms with Crippen LogP contribution in [0.1, 0.15) is 11.1 Å². The quantitative estimate of drug-likeness (QED) is 0.597. The molecule has 4 aromatic rings. The first-order valence-corrected chi connectivity index (χ1v) is 8.37. The van der Waals surface area contributed by atoms with Crippen molar-refractivity contribution >= 4 is 16.6 Å². The van der Waals surface area contributed by atoms with Gasteiger partial charge in [-0.05, 0) is 35.7 Å². The van der Waals surface area contributed by atoms with Crippen LogP contribution in [0.4, 0.5) is 5.69 Å². The summed E-state index contributed by atoms with van der Waals surface area (Å²) in [4.78, 5) is 4.50.